The van der Waals surface area contributed by atoms with Crippen molar-refractivity contribution in [2.24, 2.45) is 5.92 Å². The first-order chi connectivity index (χ1) is 9.58. The molecular weight excluding hydrogens is 341 g/mol. The van der Waals surface area contributed by atoms with E-state index in [1.807, 2.05) is 0 Å². The van der Waals surface area contributed by atoms with Crippen molar-refractivity contribution in [2.45, 2.75) is 23.1 Å². The highest BCUT2D eigenvalue weighted by Crippen LogP contribution is 2.19. The Labute approximate surface area is 129 Å². The molecule has 0 fully saturated rings. The minimum atomic E-state index is -4.12. The molecule has 0 aromatic heterocycles. The minimum absolute atomic E-state index is 0.0153. The van der Waals surface area contributed by atoms with E-state index >= 15 is 0 Å². The third-order valence-electron chi connectivity index (χ3n) is 2.84. The van der Waals surface area contributed by atoms with Gasteiger partial charge in [0, 0.05) is 18.7 Å². The highest BCUT2D eigenvalue weighted by molar-refractivity contribution is 7.91. The van der Waals surface area contributed by atoms with Crippen molar-refractivity contribution < 1.29 is 21.2 Å². The number of halogens is 2. The van der Waals surface area contributed by atoms with Gasteiger partial charge in [0.15, 0.2) is 9.84 Å². The molecule has 0 saturated carbocycles. The fraction of sp³-hybridized carbons (Fsp3) is 0.500. The van der Waals surface area contributed by atoms with Crippen molar-refractivity contribution in [1.82, 2.24) is 4.72 Å². The van der Waals surface area contributed by atoms with E-state index in [0.29, 0.717) is 12.3 Å². The number of benzene rings is 1. The molecule has 1 atom stereocenters. The van der Waals surface area contributed by atoms with E-state index < -0.39 is 30.6 Å². The van der Waals surface area contributed by atoms with E-state index in [1.165, 1.54) is 0 Å². The summed E-state index contributed by atoms with van der Waals surface area (Å²) in [4.78, 5) is -0.929. The molecule has 120 valence electrons. The summed E-state index contributed by atoms with van der Waals surface area (Å²) in [5.74, 6) is -0.626. The van der Waals surface area contributed by atoms with Crippen molar-refractivity contribution in [1.29, 1.82) is 0 Å². The highest BCUT2D eigenvalue weighted by atomic mass is 35.5. The average molecular weight is 358 g/mol. The van der Waals surface area contributed by atoms with Crippen LogP contribution in [-0.4, -0.2) is 35.5 Å². The van der Waals surface area contributed by atoms with Crippen LogP contribution in [0.25, 0.3) is 0 Å². The molecule has 21 heavy (non-hydrogen) atoms. The van der Waals surface area contributed by atoms with Crippen LogP contribution in [0.5, 0.6) is 0 Å². The third kappa shape index (κ3) is 5.21. The van der Waals surface area contributed by atoms with Crippen LogP contribution in [0.1, 0.15) is 13.3 Å². The predicted molar refractivity (Wildman–Crippen MR) is 79.2 cm³/mol. The molecule has 9 heteroatoms. The van der Waals surface area contributed by atoms with Crippen LogP contribution in [0.15, 0.2) is 28.0 Å². The largest absolute Gasteiger partial charge is 0.243 e. The third-order valence-corrected chi connectivity index (χ3v) is 5.61. The second kappa shape index (κ2) is 7.04. The fourth-order valence-corrected chi connectivity index (χ4v) is 3.90. The lowest BCUT2D eigenvalue weighted by Gasteiger charge is -2.12. The summed E-state index contributed by atoms with van der Waals surface area (Å²) in [5.41, 5.74) is 0. The molecule has 0 amide bonds. The van der Waals surface area contributed by atoms with E-state index in [9.17, 15) is 21.2 Å². The maximum Gasteiger partial charge on any atom is 0.243 e. The normalized spacial score (nSPS) is 14.1. The summed E-state index contributed by atoms with van der Waals surface area (Å²) in [6.45, 7) is 1.89. The van der Waals surface area contributed by atoms with Crippen molar-refractivity contribution >= 4 is 31.5 Å². The molecule has 0 radical (unpaired) electrons. The van der Waals surface area contributed by atoms with E-state index in [-0.39, 0.29) is 17.4 Å². The summed E-state index contributed by atoms with van der Waals surface area (Å²) < 4.78 is 62.9. The van der Waals surface area contributed by atoms with E-state index in [0.717, 1.165) is 24.5 Å². The lowest BCUT2D eigenvalue weighted by Crippen LogP contribution is -2.29. The maximum atomic E-state index is 13.7. The molecule has 0 heterocycles. The van der Waals surface area contributed by atoms with Crippen LogP contribution >= 0.6 is 11.6 Å². The Bertz CT molecular complexity index is 704. The molecule has 1 N–H and O–H groups in total. The Hall–Kier alpha value is -0.700. The van der Waals surface area contributed by atoms with Gasteiger partial charge in [0.1, 0.15) is 10.7 Å². The van der Waals surface area contributed by atoms with Gasteiger partial charge in [-0.05, 0) is 30.5 Å². The number of alkyl halides is 1. The van der Waals surface area contributed by atoms with E-state index in [2.05, 4.69) is 4.72 Å². The van der Waals surface area contributed by atoms with Crippen LogP contribution in [-0.2, 0) is 19.9 Å². The van der Waals surface area contributed by atoms with Gasteiger partial charge in [-0.3, -0.25) is 0 Å². The van der Waals surface area contributed by atoms with Gasteiger partial charge in [-0.25, -0.2) is 25.9 Å². The zero-order valence-electron chi connectivity index (χ0n) is 11.6. The SMILES string of the molecule is CC(CCCl)CNS(=O)(=O)c1cc(S(C)(=O)=O)ccc1F. The summed E-state index contributed by atoms with van der Waals surface area (Å²) in [6, 6.07) is 2.67. The molecular formula is C12H17ClFNO4S2. The second-order valence-electron chi connectivity index (χ2n) is 4.80. The standard InChI is InChI=1S/C12H17ClFNO4S2/c1-9(5-6-13)8-15-21(18,19)12-7-10(20(2,16)17)3-4-11(12)14/h3-4,7,9,15H,5-6,8H2,1-2H3. The van der Waals surface area contributed by atoms with Gasteiger partial charge in [-0.15, -0.1) is 11.6 Å². The molecule has 0 saturated heterocycles. The lowest BCUT2D eigenvalue weighted by molar-refractivity contribution is 0.522. The Morgan fingerprint density at radius 1 is 1.29 bits per heavy atom. The molecule has 0 aliphatic rings. The topological polar surface area (TPSA) is 80.3 Å². The average Bonchev–Trinajstić information content (AvgIpc) is 2.36. The monoisotopic (exact) mass is 357 g/mol. The molecule has 1 rings (SSSR count). The van der Waals surface area contributed by atoms with E-state index in [4.69, 9.17) is 11.6 Å². The summed E-state index contributed by atoms with van der Waals surface area (Å²) in [7, 11) is -7.74. The number of rotatable bonds is 7. The minimum Gasteiger partial charge on any atom is -0.224 e. The summed E-state index contributed by atoms with van der Waals surface area (Å²) >= 11 is 5.56. The van der Waals surface area contributed by atoms with Crippen molar-refractivity contribution in [3.63, 3.8) is 0 Å². The second-order valence-corrected chi connectivity index (χ2v) is 8.93. The highest BCUT2D eigenvalue weighted by Gasteiger charge is 2.22. The smallest absolute Gasteiger partial charge is 0.224 e. The number of hydrogen-bond donors (Lipinski definition) is 1. The maximum absolute atomic E-state index is 13.7. The Morgan fingerprint density at radius 3 is 2.43 bits per heavy atom. The van der Waals surface area contributed by atoms with Crippen LogP contribution in [0, 0.1) is 11.7 Å². The van der Waals surface area contributed by atoms with Gasteiger partial charge >= 0.3 is 0 Å². The molecule has 1 unspecified atom stereocenters. The van der Waals surface area contributed by atoms with Crippen LogP contribution in [0.3, 0.4) is 0 Å². The van der Waals surface area contributed by atoms with Gasteiger partial charge in [0.25, 0.3) is 0 Å². The quantitative estimate of drug-likeness (QED) is 0.595. The number of hydrogen-bond acceptors (Lipinski definition) is 4. The van der Waals surface area contributed by atoms with Gasteiger partial charge in [-0.2, -0.15) is 0 Å². The van der Waals surface area contributed by atoms with Gasteiger partial charge < -0.3 is 0 Å². The first-order valence-electron chi connectivity index (χ1n) is 6.13. The molecule has 5 nitrogen and oxygen atoms in total. The first-order valence-corrected chi connectivity index (χ1v) is 10.0. The Kier molecular flexibility index (Phi) is 6.15. The van der Waals surface area contributed by atoms with E-state index in [1.54, 1.807) is 6.92 Å². The van der Waals surface area contributed by atoms with Crippen LogP contribution < -0.4 is 4.72 Å². The fourth-order valence-electron chi connectivity index (χ4n) is 1.54. The van der Waals surface area contributed by atoms with Crippen LogP contribution in [0.2, 0.25) is 0 Å². The zero-order valence-corrected chi connectivity index (χ0v) is 14.0. The number of sulfone groups is 1. The van der Waals surface area contributed by atoms with Crippen molar-refractivity contribution in [2.75, 3.05) is 18.7 Å². The Morgan fingerprint density at radius 2 is 1.90 bits per heavy atom. The molecule has 0 aliphatic heterocycles. The molecule has 0 aliphatic carbocycles. The van der Waals surface area contributed by atoms with Crippen molar-refractivity contribution in [3.8, 4) is 0 Å². The summed E-state index contributed by atoms with van der Waals surface area (Å²) in [5, 5.41) is 0. The summed E-state index contributed by atoms with van der Waals surface area (Å²) in [6.07, 6.45) is 1.53. The van der Waals surface area contributed by atoms with Gasteiger partial charge in [0.2, 0.25) is 10.0 Å². The van der Waals surface area contributed by atoms with Gasteiger partial charge in [-0.1, -0.05) is 6.92 Å². The first kappa shape index (κ1) is 18.3. The molecule has 1 aromatic carbocycles. The predicted octanol–water partition coefficient (Wildman–Crippen LogP) is 1.77. The molecule has 0 spiro atoms. The number of sulfonamides is 1. The molecule has 0 bridgehead atoms. The zero-order chi connectivity index (χ0) is 16.3. The van der Waals surface area contributed by atoms with Crippen molar-refractivity contribution in [3.05, 3.63) is 24.0 Å². The van der Waals surface area contributed by atoms with Crippen LogP contribution in [0.4, 0.5) is 4.39 Å². The number of nitrogens with one attached hydrogen (secondary N) is 1. The Balaban J connectivity index is 3.08. The van der Waals surface area contributed by atoms with Gasteiger partial charge in [0.05, 0.1) is 4.90 Å². The lowest BCUT2D eigenvalue weighted by atomic mass is 10.1. The molecule has 1 aromatic rings.